The van der Waals surface area contributed by atoms with Crippen molar-refractivity contribution in [2.45, 2.75) is 24.6 Å². The Morgan fingerprint density at radius 2 is 2.41 bits per heavy atom. The molecule has 2 bridgehead atoms. The van der Waals surface area contributed by atoms with Gasteiger partial charge in [0.15, 0.2) is 0 Å². The maximum Gasteiger partial charge on any atom is 0.254 e. The van der Waals surface area contributed by atoms with Crippen molar-refractivity contribution in [3.05, 3.63) is 18.1 Å². The number of hydrogen-bond acceptors (Lipinski definition) is 5. The van der Waals surface area contributed by atoms with E-state index < -0.39 is 0 Å². The van der Waals surface area contributed by atoms with Crippen LogP contribution < -0.4 is 4.90 Å². The summed E-state index contributed by atoms with van der Waals surface area (Å²) in [5.74, 6) is 3.09. The minimum absolute atomic E-state index is 0.666. The minimum atomic E-state index is 0.666. The lowest BCUT2D eigenvalue weighted by atomic mass is 10.2. The van der Waals surface area contributed by atoms with E-state index in [1.54, 1.807) is 6.33 Å². The summed E-state index contributed by atoms with van der Waals surface area (Å²) in [6.45, 7) is 3.15. The van der Waals surface area contributed by atoms with E-state index in [0.717, 1.165) is 23.3 Å². The zero-order chi connectivity index (χ0) is 11.4. The van der Waals surface area contributed by atoms with Crippen LogP contribution in [0.1, 0.15) is 12.1 Å². The summed E-state index contributed by atoms with van der Waals surface area (Å²) in [4.78, 5) is 11.0. The third kappa shape index (κ3) is 1.36. The molecule has 2 atom stereocenters. The van der Waals surface area contributed by atoms with Crippen molar-refractivity contribution in [1.29, 1.82) is 0 Å². The molecule has 17 heavy (non-hydrogen) atoms. The fourth-order valence-electron chi connectivity index (χ4n) is 2.80. The van der Waals surface area contributed by atoms with Crippen LogP contribution in [0, 0.1) is 6.92 Å². The Kier molecular flexibility index (Phi) is 1.91. The lowest BCUT2D eigenvalue weighted by Crippen LogP contribution is -2.35. The maximum atomic E-state index is 4.39. The zero-order valence-electron chi connectivity index (χ0n) is 9.58. The van der Waals surface area contributed by atoms with Gasteiger partial charge in [0, 0.05) is 35.3 Å². The van der Waals surface area contributed by atoms with Crippen LogP contribution in [0.5, 0.6) is 0 Å². The Balaban J connectivity index is 1.87. The number of fused-ring (bicyclic) bond motifs is 3. The molecule has 2 saturated heterocycles. The van der Waals surface area contributed by atoms with Crippen LogP contribution in [0.25, 0.3) is 5.78 Å². The van der Waals surface area contributed by atoms with Crippen molar-refractivity contribution in [1.82, 2.24) is 19.6 Å². The summed E-state index contributed by atoms with van der Waals surface area (Å²) in [5, 5.41) is 5.08. The van der Waals surface area contributed by atoms with Gasteiger partial charge < -0.3 is 4.90 Å². The standard InChI is InChI=1S/C11H13N5S/c1-7-2-10(16-11(14-7)12-6-13-16)15-4-9-3-8(15)5-17-9/h2,6,8-9H,3-5H2,1H3/t8-,9+/m0/s1. The molecule has 0 unspecified atom stereocenters. The quantitative estimate of drug-likeness (QED) is 0.756. The molecule has 0 aliphatic carbocycles. The van der Waals surface area contributed by atoms with Crippen LogP contribution >= 0.6 is 11.8 Å². The average molecular weight is 247 g/mol. The number of aromatic nitrogens is 4. The molecule has 5 nitrogen and oxygen atoms in total. The minimum Gasteiger partial charge on any atom is -0.351 e. The predicted molar refractivity (Wildman–Crippen MR) is 67.5 cm³/mol. The summed E-state index contributed by atoms with van der Waals surface area (Å²) in [6.07, 6.45) is 2.89. The van der Waals surface area contributed by atoms with Gasteiger partial charge in [-0.15, -0.1) is 0 Å². The topological polar surface area (TPSA) is 46.3 Å². The molecule has 0 spiro atoms. The van der Waals surface area contributed by atoms with E-state index in [1.165, 1.54) is 12.2 Å². The van der Waals surface area contributed by atoms with Gasteiger partial charge in [0.25, 0.3) is 5.78 Å². The largest absolute Gasteiger partial charge is 0.351 e. The van der Waals surface area contributed by atoms with Gasteiger partial charge in [0.1, 0.15) is 12.1 Å². The molecule has 4 rings (SSSR count). The first-order chi connectivity index (χ1) is 8.31. The van der Waals surface area contributed by atoms with Gasteiger partial charge in [-0.2, -0.15) is 26.4 Å². The van der Waals surface area contributed by atoms with Gasteiger partial charge in [-0.1, -0.05) is 0 Å². The first-order valence-electron chi connectivity index (χ1n) is 5.87. The van der Waals surface area contributed by atoms with Crippen LogP contribution in [0.4, 0.5) is 5.82 Å². The molecule has 2 fully saturated rings. The normalized spacial score (nSPS) is 27.2. The highest BCUT2D eigenvalue weighted by Crippen LogP contribution is 2.39. The van der Waals surface area contributed by atoms with Crippen molar-refractivity contribution in [2.24, 2.45) is 0 Å². The molecule has 4 heterocycles. The van der Waals surface area contributed by atoms with E-state index in [2.05, 4.69) is 37.8 Å². The molecule has 0 saturated carbocycles. The number of anilines is 1. The third-order valence-electron chi connectivity index (χ3n) is 3.56. The van der Waals surface area contributed by atoms with Crippen LogP contribution in [-0.2, 0) is 0 Å². The molecule has 88 valence electrons. The first kappa shape index (κ1) is 9.70. The highest BCUT2D eigenvalue weighted by Gasteiger charge is 2.39. The molecule has 2 aliphatic rings. The van der Waals surface area contributed by atoms with E-state index in [9.17, 15) is 0 Å². The fraction of sp³-hybridized carbons (Fsp3) is 0.545. The lowest BCUT2D eigenvalue weighted by Gasteiger charge is -2.28. The molecule has 2 aromatic rings. The Bertz CT molecular complexity index is 580. The van der Waals surface area contributed by atoms with Gasteiger partial charge in [-0.3, -0.25) is 0 Å². The molecule has 0 aromatic carbocycles. The second-order valence-corrected chi connectivity index (χ2v) is 6.06. The Morgan fingerprint density at radius 3 is 3.18 bits per heavy atom. The SMILES string of the molecule is Cc1cc(N2C[C@H]3C[C@H]2CS3)n2ncnc2n1. The average Bonchev–Trinajstić information content (AvgIpc) is 3.02. The van der Waals surface area contributed by atoms with E-state index in [4.69, 9.17) is 0 Å². The number of thioether (sulfide) groups is 1. The van der Waals surface area contributed by atoms with Crippen LogP contribution in [0.2, 0.25) is 0 Å². The fourth-order valence-corrected chi connectivity index (χ4v) is 4.23. The molecule has 0 N–H and O–H groups in total. The van der Waals surface area contributed by atoms with E-state index in [-0.39, 0.29) is 0 Å². The van der Waals surface area contributed by atoms with Crippen LogP contribution in [0.15, 0.2) is 12.4 Å². The van der Waals surface area contributed by atoms with Crippen molar-refractivity contribution in [3.8, 4) is 0 Å². The molecule has 2 aromatic heterocycles. The second-order valence-electron chi connectivity index (χ2n) is 4.72. The van der Waals surface area contributed by atoms with E-state index in [1.807, 2.05) is 11.4 Å². The van der Waals surface area contributed by atoms with Gasteiger partial charge in [-0.25, -0.2) is 4.98 Å². The zero-order valence-corrected chi connectivity index (χ0v) is 10.4. The van der Waals surface area contributed by atoms with Crippen molar-refractivity contribution in [3.63, 3.8) is 0 Å². The summed E-state index contributed by atoms with van der Waals surface area (Å²) in [7, 11) is 0. The van der Waals surface area contributed by atoms with Gasteiger partial charge in [0.05, 0.1) is 0 Å². The highest BCUT2D eigenvalue weighted by molar-refractivity contribution is 8.00. The van der Waals surface area contributed by atoms with E-state index in [0.29, 0.717) is 11.8 Å². The molecular weight excluding hydrogens is 234 g/mol. The third-order valence-corrected chi connectivity index (χ3v) is 4.95. The second kappa shape index (κ2) is 3.35. The summed E-state index contributed by atoms with van der Waals surface area (Å²) in [5.41, 5.74) is 1.01. The smallest absolute Gasteiger partial charge is 0.254 e. The van der Waals surface area contributed by atoms with E-state index >= 15 is 0 Å². The Hall–Kier alpha value is -1.30. The number of nitrogens with zero attached hydrogens (tertiary/aromatic N) is 5. The predicted octanol–water partition coefficient (Wildman–Crippen LogP) is 1.13. The maximum absolute atomic E-state index is 4.39. The van der Waals surface area contributed by atoms with Crippen LogP contribution in [-0.4, -0.2) is 43.2 Å². The Morgan fingerprint density at radius 1 is 1.47 bits per heavy atom. The Labute approximate surface area is 103 Å². The molecule has 6 heteroatoms. The van der Waals surface area contributed by atoms with Crippen LogP contribution in [0.3, 0.4) is 0 Å². The van der Waals surface area contributed by atoms with Crippen molar-refractivity contribution < 1.29 is 0 Å². The molecule has 0 amide bonds. The number of hydrogen-bond donors (Lipinski definition) is 0. The summed E-state index contributed by atoms with van der Waals surface area (Å²) < 4.78 is 1.86. The molecule has 0 radical (unpaired) electrons. The lowest BCUT2D eigenvalue weighted by molar-refractivity contribution is 0.730. The monoisotopic (exact) mass is 247 g/mol. The molecular formula is C11H13N5S. The highest BCUT2D eigenvalue weighted by atomic mass is 32.2. The summed E-state index contributed by atoms with van der Waals surface area (Å²) in [6, 6.07) is 2.78. The molecule has 2 aliphatic heterocycles. The van der Waals surface area contributed by atoms with Gasteiger partial charge >= 0.3 is 0 Å². The van der Waals surface area contributed by atoms with Gasteiger partial charge in [0.2, 0.25) is 0 Å². The van der Waals surface area contributed by atoms with Gasteiger partial charge in [-0.05, 0) is 13.3 Å². The number of rotatable bonds is 1. The van der Waals surface area contributed by atoms with Crippen molar-refractivity contribution in [2.75, 3.05) is 17.2 Å². The first-order valence-corrected chi connectivity index (χ1v) is 6.92. The summed E-state index contributed by atoms with van der Waals surface area (Å²) >= 11 is 2.10. The number of aryl methyl sites for hydroxylation is 1. The van der Waals surface area contributed by atoms with Crippen molar-refractivity contribution >= 4 is 23.4 Å².